The van der Waals surface area contributed by atoms with Gasteiger partial charge in [0.05, 0.1) is 13.2 Å². The van der Waals surface area contributed by atoms with E-state index in [-0.39, 0.29) is 5.91 Å². The van der Waals surface area contributed by atoms with Gasteiger partial charge >= 0.3 is 0 Å². The molecule has 0 N–H and O–H groups in total. The molecule has 1 amide bonds. The molecular formula is C24H32N2O3. The molecule has 1 fully saturated rings. The molecule has 5 heteroatoms. The average molecular weight is 397 g/mol. The highest BCUT2D eigenvalue weighted by Gasteiger charge is 2.21. The van der Waals surface area contributed by atoms with Crippen molar-refractivity contribution in [3.05, 3.63) is 59.7 Å². The first-order chi connectivity index (χ1) is 14.2. The molecule has 0 aliphatic carbocycles. The van der Waals surface area contributed by atoms with E-state index in [0.29, 0.717) is 30.3 Å². The van der Waals surface area contributed by atoms with Gasteiger partial charge in [0.2, 0.25) is 0 Å². The van der Waals surface area contributed by atoms with Crippen LogP contribution >= 0.6 is 0 Å². The van der Waals surface area contributed by atoms with Crippen molar-refractivity contribution in [2.24, 2.45) is 0 Å². The Morgan fingerprint density at radius 2 is 1.76 bits per heavy atom. The molecule has 5 nitrogen and oxygen atoms in total. The summed E-state index contributed by atoms with van der Waals surface area (Å²) in [4.78, 5) is 17.5. The Kier molecular flexibility index (Phi) is 7.94. The normalized spacial score (nSPS) is 15.0. The highest BCUT2D eigenvalue weighted by molar-refractivity contribution is 5.95. The fourth-order valence-electron chi connectivity index (χ4n) is 3.60. The van der Waals surface area contributed by atoms with Gasteiger partial charge in [-0.05, 0) is 43.5 Å². The van der Waals surface area contributed by atoms with Gasteiger partial charge < -0.3 is 14.4 Å². The Hall–Kier alpha value is -2.53. The summed E-state index contributed by atoms with van der Waals surface area (Å²) in [6, 6.07) is 16.0. The molecule has 3 rings (SSSR count). The van der Waals surface area contributed by atoms with Gasteiger partial charge in [0, 0.05) is 38.3 Å². The second-order valence-electron chi connectivity index (χ2n) is 7.35. The SMILES string of the molecule is CCCOc1ccc(C(=O)N2CCCN(Cc3ccccc3)CC2)cc1OCC. The van der Waals surface area contributed by atoms with Gasteiger partial charge in [-0.25, -0.2) is 0 Å². The summed E-state index contributed by atoms with van der Waals surface area (Å²) in [6.45, 7) is 9.53. The topological polar surface area (TPSA) is 42.0 Å². The zero-order valence-electron chi connectivity index (χ0n) is 17.6. The van der Waals surface area contributed by atoms with Gasteiger partial charge in [-0.15, -0.1) is 0 Å². The third-order valence-corrected chi connectivity index (χ3v) is 5.08. The zero-order valence-corrected chi connectivity index (χ0v) is 17.6. The molecule has 29 heavy (non-hydrogen) atoms. The molecule has 0 aromatic heterocycles. The maximum Gasteiger partial charge on any atom is 0.254 e. The second-order valence-corrected chi connectivity index (χ2v) is 7.35. The molecule has 0 unspecified atom stereocenters. The van der Waals surface area contributed by atoms with Gasteiger partial charge in [-0.3, -0.25) is 9.69 Å². The first-order valence-electron chi connectivity index (χ1n) is 10.7. The lowest BCUT2D eigenvalue weighted by atomic mass is 10.1. The molecular weight excluding hydrogens is 364 g/mol. The molecule has 2 aromatic rings. The molecule has 0 spiro atoms. The van der Waals surface area contributed by atoms with Crippen LogP contribution in [0.15, 0.2) is 48.5 Å². The van der Waals surface area contributed by atoms with Crippen molar-refractivity contribution in [1.82, 2.24) is 9.80 Å². The lowest BCUT2D eigenvalue weighted by Gasteiger charge is -2.22. The Morgan fingerprint density at radius 3 is 2.52 bits per heavy atom. The van der Waals surface area contributed by atoms with E-state index in [2.05, 4.69) is 36.1 Å². The van der Waals surface area contributed by atoms with Gasteiger partial charge in [0.1, 0.15) is 0 Å². The molecule has 1 aliphatic heterocycles. The number of carbonyl (C=O) groups is 1. The summed E-state index contributed by atoms with van der Waals surface area (Å²) in [5.41, 5.74) is 1.98. The fourth-order valence-corrected chi connectivity index (χ4v) is 3.60. The summed E-state index contributed by atoms with van der Waals surface area (Å²) < 4.78 is 11.5. The van der Waals surface area contributed by atoms with Crippen LogP contribution in [0.2, 0.25) is 0 Å². The Morgan fingerprint density at radius 1 is 0.931 bits per heavy atom. The molecule has 0 radical (unpaired) electrons. The number of nitrogens with zero attached hydrogens (tertiary/aromatic N) is 2. The van der Waals surface area contributed by atoms with E-state index in [0.717, 1.165) is 45.6 Å². The summed E-state index contributed by atoms with van der Waals surface area (Å²) in [7, 11) is 0. The van der Waals surface area contributed by atoms with Crippen molar-refractivity contribution in [2.45, 2.75) is 33.2 Å². The average Bonchev–Trinajstić information content (AvgIpc) is 2.99. The van der Waals surface area contributed by atoms with Crippen LogP contribution in [0.3, 0.4) is 0 Å². The van der Waals surface area contributed by atoms with Gasteiger partial charge in [-0.2, -0.15) is 0 Å². The largest absolute Gasteiger partial charge is 0.490 e. The van der Waals surface area contributed by atoms with Crippen LogP contribution in [0.5, 0.6) is 11.5 Å². The summed E-state index contributed by atoms with van der Waals surface area (Å²) in [6.07, 6.45) is 1.91. The lowest BCUT2D eigenvalue weighted by molar-refractivity contribution is 0.0760. The number of carbonyl (C=O) groups excluding carboxylic acids is 1. The number of benzene rings is 2. The molecule has 0 saturated carbocycles. The minimum atomic E-state index is 0.0644. The van der Waals surface area contributed by atoms with Crippen molar-refractivity contribution < 1.29 is 14.3 Å². The summed E-state index contributed by atoms with van der Waals surface area (Å²) >= 11 is 0. The number of hydrogen-bond donors (Lipinski definition) is 0. The molecule has 156 valence electrons. The van der Waals surface area contributed by atoms with Crippen molar-refractivity contribution >= 4 is 5.91 Å². The minimum Gasteiger partial charge on any atom is -0.490 e. The van der Waals surface area contributed by atoms with Gasteiger partial charge in [-0.1, -0.05) is 37.3 Å². The van der Waals surface area contributed by atoms with Gasteiger partial charge in [0.15, 0.2) is 11.5 Å². The summed E-state index contributed by atoms with van der Waals surface area (Å²) in [5, 5.41) is 0. The van der Waals surface area contributed by atoms with E-state index in [1.807, 2.05) is 36.1 Å². The standard InChI is InChI=1S/C24H32N2O3/c1-3-17-29-22-12-11-21(18-23(22)28-4-2)24(27)26-14-8-13-25(15-16-26)19-20-9-6-5-7-10-20/h5-7,9-12,18H,3-4,8,13-17,19H2,1-2H3. The van der Waals surface area contributed by atoms with Crippen molar-refractivity contribution in [1.29, 1.82) is 0 Å². The van der Waals surface area contributed by atoms with Crippen molar-refractivity contribution in [2.75, 3.05) is 39.4 Å². The molecule has 1 heterocycles. The zero-order chi connectivity index (χ0) is 20.5. The Bertz CT molecular complexity index is 779. The van der Waals surface area contributed by atoms with Crippen LogP contribution in [0.1, 0.15) is 42.6 Å². The van der Waals surface area contributed by atoms with Gasteiger partial charge in [0.25, 0.3) is 5.91 Å². The monoisotopic (exact) mass is 396 g/mol. The Labute approximate surface area is 174 Å². The molecule has 1 saturated heterocycles. The van der Waals surface area contributed by atoms with Crippen molar-refractivity contribution in [3.63, 3.8) is 0 Å². The first-order valence-corrected chi connectivity index (χ1v) is 10.7. The number of amides is 1. The van der Waals surface area contributed by atoms with E-state index in [1.165, 1.54) is 5.56 Å². The Balaban J connectivity index is 1.64. The smallest absolute Gasteiger partial charge is 0.254 e. The third-order valence-electron chi connectivity index (χ3n) is 5.08. The second kappa shape index (κ2) is 10.9. The van der Waals surface area contributed by atoms with Crippen LogP contribution in [0, 0.1) is 0 Å². The van der Waals surface area contributed by atoms with Crippen LogP contribution < -0.4 is 9.47 Å². The van der Waals surface area contributed by atoms with E-state index < -0.39 is 0 Å². The lowest BCUT2D eigenvalue weighted by Crippen LogP contribution is -2.35. The van der Waals surface area contributed by atoms with Crippen LogP contribution in [0.4, 0.5) is 0 Å². The minimum absolute atomic E-state index is 0.0644. The maximum absolute atomic E-state index is 13.1. The number of hydrogen-bond acceptors (Lipinski definition) is 4. The maximum atomic E-state index is 13.1. The predicted octanol–water partition coefficient (Wildman–Crippen LogP) is 4.22. The highest BCUT2D eigenvalue weighted by Crippen LogP contribution is 2.29. The van der Waals surface area contributed by atoms with E-state index in [9.17, 15) is 4.79 Å². The number of rotatable bonds is 8. The third kappa shape index (κ3) is 5.97. The fraction of sp³-hybridized carbons (Fsp3) is 0.458. The van der Waals surface area contributed by atoms with E-state index in [4.69, 9.17) is 9.47 Å². The molecule has 2 aromatic carbocycles. The molecule has 1 aliphatic rings. The van der Waals surface area contributed by atoms with Crippen LogP contribution in [-0.4, -0.2) is 55.1 Å². The first kappa shape index (κ1) is 21.2. The summed E-state index contributed by atoms with van der Waals surface area (Å²) in [5.74, 6) is 1.41. The quantitative estimate of drug-likeness (QED) is 0.670. The molecule has 0 bridgehead atoms. The van der Waals surface area contributed by atoms with Crippen LogP contribution in [-0.2, 0) is 6.54 Å². The van der Waals surface area contributed by atoms with Crippen LogP contribution in [0.25, 0.3) is 0 Å². The number of ether oxygens (including phenoxy) is 2. The van der Waals surface area contributed by atoms with E-state index >= 15 is 0 Å². The molecule has 0 atom stereocenters. The predicted molar refractivity (Wildman–Crippen MR) is 116 cm³/mol. The highest BCUT2D eigenvalue weighted by atomic mass is 16.5. The van der Waals surface area contributed by atoms with E-state index in [1.54, 1.807) is 0 Å². The van der Waals surface area contributed by atoms with Crippen molar-refractivity contribution in [3.8, 4) is 11.5 Å².